The third kappa shape index (κ3) is 1.80. The van der Waals surface area contributed by atoms with E-state index in [-0.39, 0.29) is 0 Å². The van der Waals surface area contributed by atoms with Crippen molar-refractivity contribution in [2.75, 3.05) is 5.32 Å². The summed E-state index contributed by atoms with van der Waals surface area (Å²) < 4.78 is 1.73. The van der Waals surface area contributed by atoms with Crippen LogP contribution in [0.3, 0.4) is 0 Å². The summed E-state index contributed by atoms with van der Waals surface area (Å²) in [7, 11) is 0. The summed E-state index contributed by atoms with van der Waals surface area (Å²) in [6.45, 7) is 2.49. The minimum Gasteiger partial charge on any atom is -0.362 e. The molecule has 0 saturated heterocycles. The van der Waals surface area contributed by atoms with E-state index >= 15 is 0 Å². The van der Waals surface area contributed by atoms with E-state index in [1.165, 1.54) is 6.33 Å². The summed E-state index contributed by atoms with van der Waals surface area (Å²) in [5.41, 5.74) is 1.92. The molecule has 86 valence electrons. The molecule has 0 unspecified atom stereocenters. The molecule has 3 rings (SSSR count). The SMILES string of the molecule is Cc1cc(NCc2nn[nH]n2)n2ncnc2c1. The van der Waals surface area contributed by atoms with E-state index in [1.54, 1.807) is 4.52 Å². The first-order valence-corrected chi connectivity index (χ1v) is 5.09. The Bertz CT molecular complexity index is 626. The summed E-state index contributed by atoms with van der Waals surface area (Å²) in [5, 5.41) is 21.0. The molecule has 0 fully saturated rings. The predicted octanol–water partition coefficient (Wildman–Crippen LogP) is 0.163. The zero-order chi connectivity index (χ0) is 11.7. The number of hydrogen-bond acceptors (Lipinski definition) is 6. The van der Waals surface area contributed by atoms with Crippen LogP contribution in [0.2, 0.25) is 0 Å². The molecule has 0 aromatic carbocycles. The third-order valence-corrected chi connectivity index (χ3v) is 2.34. The van der Waals surface area contributed by atoms with E-state index in [2.05, 4.69) is 36.0 Å². The Hall–Kier alpha value is -2.51. The molecule has 0 radical (unpaired) electrons. The molecular formula is C9H10N8. The van der Waals surface area contributed by atoms with Gasteiger partial charge in [-0.15, -0.1) is 10.2 Å². The van der Waals surface area contributed by atoms with Gasteiger partial charge >= 0.3 is 0 Å². The average molecular weight is 230 g/mol. The molecule has 0 bridgehead atoms. The Morgan fingerprint density at radius 1 is 1.41 bits per heavy atom. The highest BCUT2D eigenvalue weighted by atomic mass is 15.5. The molecule has 0 saturated carbocycles. The van der Waals surface area contributed by atoms with Crippen LogP contribution in [0.25, 0.3) is 5.65 Å². The second-order valence-corrected chi connectivity index (χ2v) is 3.63. The predicted molar refractivity (Wildman–Crippen MR) is 59.2 cm³/mol. The van der Waals surface area contributed by atoms with Crippen molar-refractivity contribution >= 4 is 11.5 Å². The van der Waals surface area contributed by atoms with Crippen molar-refractivity contribution in [1.29, 1.82) is 0 Å². The number of aromatic amines is 1. The smallest absolute Gasteiger partial charge is 0.193 e. The fourth-order valence-electron chi connectivity index (χ4n) is 1.61. The van der Waals surface area contributed by atoms with Crippen LogP contribution in [0.5, 0.6) is 0 Å². The van der Waals surface area contributed by atoms with Gasteiger partial charge in [-0.2, -0.15) is 14.8 Å². The summed E-state index contributed by atoms with van der Waals surface area (Å²) in [4.78, 5) is 4.15. The number of nitrogens with one attached hydrogen (secondary N) is 2. The summed E-state index contributed by atoms with van der Waals surface area (Å²) in [5.74, 6) is 1.45. The molecule has 0 aliphatic carbocycles. The molecule has 2 N–H and O–H groups in total. The van der Waals surface area contributed by atoms with Gasteiger partial charge in [-0.05, 0) is 24.6 Å². The van der Waals surface area contributed by atoms with Crippen LogP contribution in [-0.4, -0.2) is 35.2 Å². The van der Waals surface area contributed by atoms with Gasteiger partial charge in [0.2, 0.25) is 0 Å². The molecule has 3 aromatic heterocycles. The van der Waals surface area contributed by atoms with Gasteiger partial charge in [0.05, 0.1) is 6.54 Å². The minimum atomic E-state index is 0.481. The molecular weight excluding hydrogens is 220 g/mol. The maximum absolute atomic E-state index is 4.15. The van der Waals surface area contributed by atoms with E-state index in [9.17, 15) is 0 Å². The molecule has 0 aliphatic heterocycles. The molecule has 3 heterocycles. The van der Waals surface area contributed by atoms with Gasteiger partial charge in [0, 0.05) is 0 Å². The summed E-state index contributed by atoms with van der Waals surface area (Å²) in [6.07, 6.45) is 1.52. The van der Waals surface area contributed by atoms with Gasteiger partial charge in [-0.3, -0.25) is 0 Å². The molecule has 0 spiro atoms. The Balaban J connectivity index is 1.91. The normalized spacial score (nSPS) is 10.9. The van der Waals surface area contributed by atoms with Crippen LogP contribution in [-0.2, 0) is 6.54 Å². The van der Waals surface area contributed by atoms with Crippen molar-refractivity contribution in [1.82, 2.24) is 35.2 Å². The van der Waals surface area contributed by atoms with Gasteiger partial charge in [-0.25, -0.2) is 4.98 Å². The van der Waals surface area contributed by atoms with Gasteiger partial charge in [0.1, 0.15) is 12.1 Å². The highest BCUT2D eigenvalue weighted by molar-refractivity contribution is 5.51. The van der Waals surface area contributed by atoms with Crippen LogP contribution in [0.4, 0.5) is 5.82 Å². The molecule has 8 nitrogen and oxygen atoms in total. The summed E-state index contributed by atoms with van der Waals surface area (Å²) >= 11 is 0. The lowest BCUT2D eigenvalue weighted by Gasteiger charge is -2.06. The third-order valence-electron chi connectivity index (χ3n) is 2.34. The number of pyridine rings is 1. The van der Waals surface area contributed by atoms with Gasteiger partial charge in [0.15, 0.2) is 11.5 Å². The molecule has 0 aliphatic rings. The molecule has 0 atom stereocenters. The van der Waals surface area contributed by atoms with Crippen LogP contribution in [0, 0.1) is 6.92 Å². The average Bonchev–Trinajstić information content (AvgIpc) is 2.95. The van der Waals surface area contributed by atoms with E-state index in [4.69, 9.17) is 0 Å². The zero-order valence-electron chi connectivity index (χ0n) is 9.12. The van der Waals surface area contributed by atoms with E-state index in [1.807, 2.05) is 19.1 Å². The number of nitrogens with zero attached hydrogens (tertiary/aromatic N) is 6. The topological polar surface area (TPSA) is 96.7 Å². The second-order valence-electron chi connectivity index (χ2n) is 3.63. The number of fused-ring (bicyclic) bond motifs is 1. The van der Waals surface area contributed by atoms with E-state index < -0.39 is 0 Å². The Morgan fingerprint density at radius 3 is 3.18 bits per heavy atom. The largest absolute Gasteiger partial charge is 0.362 e. The molecule has 3 aromatic rings. The fourth-order valence-corrected chi connectivity index (χ4v) is 1.61. The Labute approximate surface area is 96.1 Å². The van der Waals surface area contributed by atoms with E-state index in [0.29, 0.717) is 12.4 Å². The van der Waals surface area contributed by atoms with Crippen molar-refractivity contribution in [3.05, 3.63) is 29.8 Å². The molecule has 17 heavy (non-hydrogen) atoms. The van der Waals surface area contributed by atoms with E-state index in [0.717, 1.165) is 17.0 Å². The number of aryl methyl sites for hydroxylation is 1. The Morgan fingerprint density at radius 2 is 2.35 bits per heavy atom. The standard InChI is InChI=1S/C9H10N8/c1-6-2-8(10-4-7-13-15-16-14-7)17-9(3-6)11-5-12-17/h2-3,5,10H,4H2,1H3,(H,13,14,15,16). The second kappa shape index (κ2) is 3.81. The van der Waals surface area contributed by atoms with Crippen molar-refractivity contribution in [3.63, 3.8) is 0 Å². The highest BCUT2D eigenvalue weighted by Crippen LogP contribution is 2.13. The monoisotopic (exact) mass is 230 g/mol. The van der Waals surface area contributed by atoms with Gasteiger partial charge in [0.25, 0.3) is 0 Å². The van der Waals surface area contributed by atoms with Crippen LogP contribution >= 0.6 is 0 Å². The van der Waals surface area contributed by atoms with Crippen LogP contribution < -0.4 is 5.32 Å². The van der Waals surface area contributed by atoms with Gasteiger partial charge < -0.3 is 5.32 Å². The van der Waals surface area contributed by atoms with Crippen molar-refractivity contribution in [3.8, 4) is 0 Å². The molecule has 0 amide bonds. The minimum absolute atomic E-state index is 0.481. The number of anilines is 1. The maximum Gasteiger partial charge on any atom is 0.193 e. The number of rotatable bonds is 3. The lowest BCUT2D eigenvalue weighted by atomic mass is 10.3. The lowest BCUT2D eigenvalue weighted by molar-refractivity contribution is 0.881. The quantitative estimate of drug-likeness (QED) is 0.665. The van der Waals surface area contributed by atoms with Crippen LogP contribution in [0.15, 0.2) is 18.5 Å². The zero-order valence-corrected chi connectivity index (χ0v) is 9.12. The van der Waals surface area contributed by atoms with Crippen molar-refractivity contribution in [2.24, 2.45) is 0 Å². The van der Waals surface area contributed by atoms with Crippen LogP contribution in [0.1, 0.15) is 11.4 Å². The first-order valence-electron chi connectivity index (χ1n) is 5.09. The number of H-pyrrole nitrogens is 1. The lowest BCUT2D eigenvalue weighted by Crippen LogP contribution is -2.06. The number of aromatic nitrogens is 7. The Kier molecular flexibility index (Phi) is 2.18. The number of hydrogen-bond donors (Lipinski definition) is 2. The maximum atomic E-state index is 4.15. The highest BCUT2D eigenvalue weighted by Gasteiger charge is 2.05. The number of tetrazole rings is 1. The summed E-state index contributed by atoms with van der Waals surface area (Å²) in [6, 6.07) is 3.95. The van der Waals surface area contributed by atoms with Gasteiger partial charge in [-0.1, -0.05) is 5.21 Å². The van der Waals surface area contributed by atoms with Crippen molar-refractivity contribution in [2.45, 2.75) is 13.5 Å². The molecule has 8 heteroatoms. The first-order chi connectivity index (χ1) is 8.33. The fraction of sp³-hybridized carbons (Fsp3) is 0.222. The van der Waals surface area contributed by atoms with Crippen molar-refractivity contribution < 1.29 is 0 Å². The first kappa shape index (κ1) is 9.70.